The van der Waals surface area contributed by atoms with Gasteiger partial charge in [0.15, 0.2) is 0 Å². The van der Waals surface area contributed by atoms with Crippen molar-refractivity contribution >= 4 is 11.0 Å². The summed E-state index contributed by atoms with van der Waals surface area (Å²) in [4.78, 5) is 4.70. The molecule has 98 valence electrons. The number of nitrogens with two attached hydrogens (primary N) is 1. The van der Waals surface area contributed by atoms with Gasteiger partial charge in [-0.1, -0.05) is 38.8 Å². The molecule has 18 heavy (non-hydrogen) atoms. The fourth-order valence-electron chi connectivity index (χ4n) is 2.31. The molecule has 0 bridgehead atoms. The van der Waals surface area contributed by atoms with E-state index in [1.807, 2.05) is 6.07 Å². The first kappa shape index (κ1) is 13.1. The maximum absolute atomic E-state index is 6.18. The molecule has 2 N–H and O–H groups in total. The summed E-state index contributed by atoms with van der Waals surface area (Å²) >= 11 is 0. The molecule has 0 aliphatic rings. The fraction of sp³-hybridized carbons (Fsp3) is 0.533. The summed E-state index contributed by atoms with van der Waals surface area (Å²) in [5.41, 5.74) is 8.46. The molecule has 0 fully saturated rings. The first-order valence-corrected chi connectivity index (χ1v) is 6.98. The van der Waals surface area contributed by atoms with Crippen LogP contribution >= 0.6 is 0 Å². The number of nitrogens with zero attached hydrogens (tertiary/aromatic N) is 2. The van der Waals surface area contributed by atoms with Gasteiger partial charge in [-0.05, 0) is 25.0 Å². The second-order valence-corrected chi connectivity index (χ2v) is 4.83. The van der Waals surface area contributed by atoms with Crippen LogP contribution in [0.1, 0.15) is 51.4 Å². The lowest BCUT2D eigenvalue weighted by Crippen LogP contribution is -2.16. The maximum Gasteiger partial charge on any atom is 0.126 e. The maximum atomic E-state index is 6.18. The van der Waals surface area contributed by atoms with Crippen LogP contribution in [0.3, 0.4) is 0 Å². The summed E-state index contributed by atoms with van der Waals surface area (Å²) in [5, 5.41) is 0. The minimum atomic E-state index is 0.0408. The molecule has 0 saturated carbocycles. The van der Waals surface area contributed by atoms with Gasteiger partial charge >= 0.3 is 0 Å². The van der Waals surface area contributed by atoms with Crippen LogP contribution in [-0.4, -0.2) is 9.55 Å². The standard InChI is InChI=1S/C15H23N3/c1-3-5-8-11-18-14-10-7-6-9-13(14)17-15(18)12(16)4-2/h6-7,9-10,12H,3-5,8,11,16H2,1-2H3. The summed E-state index contributed by atoms with van der Waals surface area (Å²) in [5.74, 6) is 1.04. The Bertz CT molecular complexity index is 501. The highest BCUT2D eigenvalue weighted by Gasteiger charge is 2.14. The Hall–Kier alpha value is -1.35. The van der Waals surface area contributed by atoms with Gasteiger partial charge in [-0.2, -0.15) is 0 Å². The van der Waals surface area contributed by atoms with Crippen molar-refractivity contribution in [2.75, 3.05) is 0 Å². The lowest BCUT2D eigenvalue weighted by molar-refractivity contribution is 0.549. The second kappa shape index (κ2) is 6.01. The van der Waals surface area contributed by atoms with Gasteiger partial charge in [0, 0.05) is 6.54 Å². The number of imidazole rings is 1. The van der Waals surface area contributed by atoms with E-state index in [1.54, 1.807) is 0 Å². The zero-order valence-corrected chi connectivity index (χ0v) is 11.4. The molecule has 0 spiro atoms. The molecule has 2 aromatic rings. The van der Waals surface area contributed by atoms with E-state index in [1.165, 1.54) is 24.8 Å². The molecule has 0 radical (unpaired) electrons. The molecule has 0 aliphatic carbocycles. The number of rotatable bonds is 6. The van der Waals surface area contributed by atoms with E-state index in [2.05, 4.69) is 36.6 Å². The smallest absolute Gasteiger partial charge is 0.126 e. The highest BCUT2D eigenvalue weighted by atomic mass is 15.1. The number of hydrogen-bond donors (Lipinski definition) is 1. The number of unbranched alkanes of at least 4 members (excludes halogenated alkanes) is 2. The van der Waals surface area contributed by atoms with Crippen molar-refractivity contribution in [2.24, 2.45) is 5.73 Å². The van der Waals surface area contributed by atoms with Gasteiger partial charge in [0.1, 0.15) is 5.82 Å². The summed E-state index contributed by atoms with van der Waals surface area (Å²) in [6.07, 6.45) is 4.62. The van der Waals surface area contributed by atoms with E-state index in [9.17, 15) is 0 Å². The third-order valence-corrected chi connectivity index (χ3v) is 3.44. The highest BCUT2D eigenvalue weighted by Crippen LogP contribution is 2.22. The van der Waals surface area contributed by atoms with Crippen LogP contribution in [0.25, 0.3) is 11.0 Å². The molecule has 1 atom stereocenters. The van der Waals surface area contributed by atoms with Crippen LogP contribution < -0.4 is 5.73 Å². The van der Waals surface area contributed by atoms with Crippen molar-refractivity contribution < 1.29 is 0 Å². The van der Waals surface area contributed by atoms with Crippen molar-refractivity contribution in [3.63, 3.8) is 0 Å². The molecule has 1 heterocycles. The van der Waals surface area contributed by atoms with Crippen molar-refractivity contribution in [2.45, 2.75) is 52.1 Å². The summed E-state index contributed by atoms with van der Waals surface area (Å²) in [6, 6.07) is 8.35. The zero-order valence-electron chi connectivity index (χ0n) is 11.4. The molecule has 3 nitrogen and oxygen atoms in total. The Kier molecular flexibility index (Phi) is 4.37. The SMILES string of the molecule is CCCCCn1c(C(N)CC)nc2ccccc21. The van der Waals surface area contributed by atoms with Gasteiger partial charge in [0.25, 0.3) is 0 Å². The largest absolute Gasteiger partial charge is 0.327 e. The Morgan fingerprint density at radius 3 is 2.72 bits per heavy atom. The second-order valence-electron chi connectivity index (χ2n) is 4.83. The minimum absolute atomic E-state index is 0.0408. The summed E-state index contributed by atoms with van der Waals surface area (Å²) in [6.45, 7) is 5.36. The van der Waals surface area contributed by atoms with Crippen LogP contribution in [0.4, 0.5) is 0 Å². The number of para-hydroxylation sites is 2. The van der Waals surface area contributed by atoms with E-state index in [0.29, 0.717) is 0 Å². The number of aromatic nitrogens is 2. The van der Waals surface area contributed by atoms with Gasteiger partial charge in [0.2, 0.25) is 0 Å². The molecule has 3 heteroatoms. The number of benzene rings is 1. The average molecular weight is 245 g/mol. The predicted molar refractivity (Wildman–Crippen MR) is 76.5 cm³/mol. The van der Waals surface area contributed by atoms with E-state index in [-0.39, 0.29) is 6.04 Å². The third kappa shape index (κ3) is 2.56. The third-order valence-electron chi connectivity index (χ3n) is 3.44. The van der Waals surface area contributed by atoms with Crippen LogP contribution in [0.15, 0.2) is 24.3 Å². The Morgan fingerprint density at radius 1 is 1.22 bits per heavy atom. The summed E-state index contributed by atoms with van der Waals surface area (Å²) < 4.78 is 2.30. The van der Waals surface area contributed by atoms with Gasteiger partial charge in [-0.15, -0.1) is 0 Å². The van der Waals surface area contributed by atoms with E-state index < -0.39 is 0 Å². The quantitative estimate of drug-likeness (QED) is 0.790. The molecule has 1 aromatic carbocycles. The lowest BCUT2D eigenvalue weighted by Gasteiger charge is -2.13. The molecule has 0 saturated heterocycles. The lowest BCUT2D eigenvalue weighted by atomic mass is 10.2. The first-order valence-electron chi connectivity index (χ1n) is 6.98. The highest BCUT2D eigenvalue weighted by molar-refractivity contribution is 5.76. The minimum Gasteiger partial charge on any atom is -0.327 e. The molecule has 1 aromatic heterocycles. The Labute approximate surface area is 109 Å². The number of fused-ring (bicyclic) bond motifs is 1. The topological polar surface area (TPSA) is 43.8 Å². The number of hydrogen-bond acceptors (Lipinski definition) is 2. The van der Waals surface area contributed by atoms with Crippen LogP contribution in [0, 0.1) is 0 Å². The molecule has 0 amide bonds. The molecular weight excluding hydrogens is 222 g/mol. The van der Waals surface area contributed by atoms with Gasteiger partial charge in [-0.25, -0.2) is 4.98 Å². The number of aryl methyl sites for hydroxylation is 1. The Morgan fingerprint density at radius 2 is 2.00 bits per heavy atom. The van der Waals surface area contributed by atoms with Crippen LogP contribution in [0.2, 0.25) is 0 Å². The monoisotopic (exact) mass is 245 g/mol. The molecule has 0 aliphatic heterocycles. The van der Waals surface area contributed by atoms with Crippen molar-refractivity contribution in [1.29, 1.82) is 0 Å². The summed E-state index contributed by atoms with van der Waals surface area (Å²) in [7, 11) is 0. The normalized spacial score (nSPS) is 13.1. The van der Waals surface area contributed by atoms with E-state index in [4.69, 9.17) is 10.7 Å². The first-order chi connectivity index (χ1) is 8.77. The zero-order chi connectivity index (χ0) is 13.0. The van der Waals surface area contributed by atoms with Crippen LogP contribution in [0.5, 0.6) is 0 Å². The van der Waals surface area contributed by atoms with Crippen LogP contribution in [-0.2, 0) is 6.54 Å². The van der Waals surface area contributed by atoms with Crippen molar-refractivity contribution in [3.8, 4) is 0 Å². The fourth-order valence-corrected chi connectivity index (χ4v) is 2.31. The molecule has 1 unspecified atom stereocenters. The molecular formula is C15H23N3. The Balaban J connectivity index is 2.37. The molecule has 2 rings (SSSR count). The predicted octanol–water partition coefficient (Wildman–Crippen LogP) is 3.64. The average Bonchev–Trinajstić information content (AvgIpc) is 2.77. The van der Waals surface area contributed by atoms with E-state index >= 15 is 0 Å². The van der Waals surface area contributed by atoms with Gasteiger partial charge < -0.3 is 10.3 Å². The van der Waals surface area contributed by atoms with Gasteiger partial charge in [0.05, 0.1) is 17.1 Å². The van der Waals surface area contributed by atoms with Crippen molar-refractivity contribution in [1.82, 2.24) is 9.55 Å². The van der Waals surface area contributed by atoms with E-state index in [0.717, 1.165) is 24.3 Å². The van der Waals surface area contributed by atoms with Gasteiger partial charge in [-0.3, -0.25) is 0 Å². The van der Waals surface area contributed by atoms with Crippen molar-refractivity contribution in [3.05, 3.63) is 30.1 Å².